The van der Waals surface area contributed by atoms with E-state index in [1.807, 2.05) is 39.1 Å². The highest BCUT2D eigenvalue weighted by Crippen LogP contribution is 2.23. The first-order valence-corrected chi connectivity index (χ1v) is 7.70. The van der Waals surface area contributed by atoms with Crippen molar-refractivity contribution in [3.8, 4) is 0 Å². The molecule has 0 aliphatic carbocycles. The normalized spacial score (nSPS) is 11.5. The Bertz CT molecular complexity index is 905. The number of furan rings is 1. The maximum Gasteiger partial charge on any atom is 0.336 e. The van der Waals surface area contributed by atoms with Gasteiger partial charge in [-0.05, 0) is 68.8 Å². The molecule has 4 heteroatoms. The average Bonchev–Trinajstić information content (AvgIpc) is 2.86. The van der Waals surface area contributed by atoms with Crippen LogP contribution in [-0.4, -0.2) is 11.9 Å². The van der Waals surface area contributed by atoms with Crippen LogP contribution < -0.4 is 5.63 Å². The van der Waals surface area contributed by atoms with Crippen LogP contribution in [-0.2, 0) is 13.1 Å². The molecule has 2 heterocycles. The van der Waals surface area contributed by atoms with Gasteiger partial charge in [0, 0.05) is 18.0 Å². The Hall–Kier alpha value is -2.33. The zero-order valence-electron chi connectivity index (χ0n) is 14.0. The second-order valence-corrected chi connectivity index (χ2v) is 6.21. The fourth-order valence-corrected chi connectivity index (χ4v) is 2.80. The summed E-state index contributed by atoms with van der Waals surface area (Å²) in [5.41, 5.74) is 3.63. The minimum Gasteiger partial charge on any atom is -0.465 e. The van der Waals surface area contributed by atoms with Gasteiger partial charge in [0.05, 0.1) is 6.54 Å². The van der Waals surface area contributed by atoms with E-state index in [0.29, 0.717) is 18.7 Å². The summed E-state index contributed by atoms with van der Waals surface area (Å²) in [5.74, 6) is 1.83. The Morgan fingerprint density at radius 3 is 2.39 bits per heavy atom. The van der Waals surface area contributed by atoms with E-state index in [4.69, 9.17) is 8.83 Å². The van der Waals surface area contributed by atoms with Crippen LogP contribution in [0, 0.1) is 20.8 Å². The molecule has 120 valence electrons. The summed E-state index contributed by atoms with van der Waals surface area (Å²) < 4.78 is 11.0. The summed E-state index contributed by atoms with van der Waals surface area (Å²) in [7, 11) is 2.01. The van der Waals surface area contributed by atoms with Crippen molar-refractivity contribution in [1.82, 2.24) is 4.90 Å². The Balaban J connectivity index is 1.92. The Morgan fingerprint density at radius 2 is 1.70 bits per heavy atom. The van der Waals surface area contributed by atoms with Crippen molar-refractivity contribution < 1.29 is 8.83 Å². The van der Waals surface area contributed by atoms with Gasteiger partial charge >= 0.3 is 5.63 Å². The second-order valence-electron chi connectivity index (χ2n) is 6.21. The van der Waals surface area contributed by atoms with E-state index >= 15 is 0 Å². The topological polar surface area (TPSA) is 46.6 Å². The predicted molar refractivity (Wildman–Crippen MR) is 90.6 cm³/mol. The third kappa shape index (κ3) is 3.37. The number of nitrogens with zero attached hydrogens (tertiary/aromatic N) is 1. The van der Waals surface area contributed by atoms with Gasteiger partial charge < -0.3 is 8.83 Å². The summed E-state index contributed by atoms with van der Waals surface area (Å²) in [6, 6.07) is 9.55. The van der Waals surface area contributed by atoms with Crippen molar-refractivity contribution in [2.24, 2.45) is 0 Å². The maximum atomic E-state index is 11.8. The van der Waals surface area contributed by atoms with Crippen LogP contribution in [0.4, 0.5) is 0 Å². The predicted octanol–water partition coefficient (Wildman–Crippen LogP) is 3.94. The molecule has 0 aliphatic rings. The fourth-order valence-electron chi connectivity index (χ4n) is 2.80. The van der Waals surface area contributed by atoms with E-state index < -0.39 is 0 Å². The van der Waals surface area contributed by atoms with Crippen molar-refractivity contribution in [2.75, 3.05) is 7.05 Å². The van der Waals surface area contributed by atoms with Gasteiger partial charge in [0.1, 0.15) is 17.1 Å². The van der Waals surface area contributed by atoms with Crippen molar-refractivity contribution in [2.45, 2.75) is 33.9 Å². The first-order valence-electron chi connectivity index (χ1n) is 7.70. The summed E-state index contributed by atoms with van der Waals surface area (Å²) in [5, 5.41) is 0.996. The molecule has 0 bridgehead atoms. The lowest BCUT2D eigenvalue weighted by Crippen LogP contribution is -2.18. The summed E-state index contributed by atoms with van der Waals surface area (Å²) in [6.45, 7) is 7.38. The molecule has 0 radical (unpaired) electrons. The second kappa shape index (κ2) is 6.05. The van der Waals surface area contributed by atoms with E-state index in [-0.39, 0.29) is 5.63 Å². The molecule has 0 spiro atoms. The molecule has 4 nitrogen and oxygen atoms in total. The zero-order valence-corrected chi connectivity index (χ0v) is 14.0. The third-order valence-electron chi connectivity index (χ3n) is 4.11. The van der Waals surface area contributed by atoms with E-state index in [2.05, 4.69) is 17.9 Å². The Labute approximate surface area is 135 Å². The molecule has 1 aromatic carbocycles. The van der Waals surface area contributed by atoms with Crippen LogP contribution >= 0.6 is 0 Å². The number of aryl methyl sites for hydroxylation is 3. The third-order valence-corrected chi connectivity index (χ3v) is 4.11. The van der Waals surface area contributed by atoms with Crippen LogP contribution in [0.2, 0.25) is 0 Å². The lowest BCUT2D eigenvalue weighted by molar-refractivity contribution is 0.285. The molecule has 0 aliphatic heterocycles. The summed E-state index contributed by atoms with van der Waals surface area (Å²) >= 11 is 0. The van der Waals surface area contributed by atoms with Crippen LogP contribution in [0.25, 0.3) is 11.0 Å². The highest BCUT2D eigenvalue weighted by molar-refractivity contribution is 5.81. The Kier molecular flexibility index (Phi) is 4.09. The van der Waals surface area contributed by atoms with Gasteiger partial charge in [-0.25, -0.2) is 4.79 Å². The molecule has 0 saturated carbocycles. The number of hydrogen-bond acceptors (Lipinski definition) is 4. The van der Waals surface area contributed by atoms with Crippen LogP contribution in [0.1, 0.15) is 28.2 Å². The van der Waals surface area contributed by atoms with Crippen molar-refractivity contribution in [3.63, 3.8) is 0 Å². The molecule has 3 rings (SSSR count). The number of hydrogen-bond donors (Lipinski definition) is 0. The molecule has 0 saturated heterocycles. The minimum atomic E-state index is -0.307. The van der Waals surface area contributed by atoms with Crippen molar-refractivity contribution in [1.29, 1.82) is 0 Å². The quantitative estimate of drug-likeness (QED) is 0.685. The Morgan fingerprint density at radius 1 is 0.957 bits per heavy atom. The molecule has 2 aromatic heterocycles. The largest absolute Gasteiger partial charge is 0.465 e. The minimum absolute atomic E-state index is 0.307. The smallest absolute Gasteiger partial charge is 0.336 e. The zero-order chi connectivity index (χ0) is 16.6. The van der Waals surface area contributed by atoms with Crippen molar-refractivity contribution >= 4 is 11.0 Å². The first-order chi connectivity index (χ1) is 10.9. The molecule has 3 aromatic rings. The molecular weight excluding hydrogens is 290 g/mol. The van der Waals surface area contributed by atoms with Gasteiger partial charge in [-0.3, -0.25) is 4.90 Å². The highest BCUT2D eigenvalue weighted by Gasteiger charge is 2.11. The summed E-state index contributed by atoms with van der Waals surface area (Å²) in [4.78, 5) is 14.0. The monoisotopic (exact) mass is 311 g/mol. The van der Waals surface area contributed by atoms with E-state index in [0.717, 1.165) is 28.0 Å². The van der Waals surface area contributed by atoms with Crippen LogP contribution in [0.3, 0.4) is 0 Å². The van der Waals surface area contributed by atoms with E-state index in [1.165, 1.54) is 5.56 Å². The fraction of sp³-hybridized carbons (Fsp3) is 0.316. The standard InChI is InChI=1S/C19H21NO3/c1-12-7-17-15(9-19(21)23-18(17)8-13(12)2)10-20(4)11-16-6-5-14(3)22-16/h5-9H,10-11H2,1-4H3. The van der Waals surface area contributed by atoms with Gasteiger partial charge in [-0.1, -0.05) is 0 Å². The number of benzene rings is 1. The van der Waals surface area contributed by atoms with Gasteiger partial charge in [0.15, 0.2) is 0 Å². The first kappa shape index (κ1) is 15.6. The van der Waals surface area contributed by atoms with Gasteiger partial charge in [0.2, 0.25) is 0 Å². The lowest BCUT2D eigenvalue weighted by atomic mass is 10.0. The maximum absolute atomic E-state index is 11.8. The number of fused-ring (bicyclic) bond motifs is 1. The molecule has 0 atom stereocenters. The van der Waals surface area contributed by atoms with Gasteiger partial charge in [-0.15, -0.1) is 0 Å². The lowest BCUT2D eigenvalue weighted by Gasteiger charge is -2.16. The van der Waals surface area contributed by atoms with Crippen LogP contribution in [0.15, 0.2) is 44.0 Å². The SMILES string of the molecule is Cc1ccc(CN(C)Cc2cc(=O)oc3cc(C)c(C)cc23)o1. The number of rotatable bonds is 4. The van der Waals surface area contributed by atoms with Crippen molar-refractivity contribution in [3.05, 3.63) is 69.0 Å². The average molecular weight is 311 g/mol. The van der Waals surface area contributed by atoms with Gasteiger partial charge in [-0.2, -0.15) is 0 Å². The van der Waals surface area contributed by atoms with Crippen LogP contribution in [0.5, 0.6) is 0 Å². The highest BCUT2D eigenvalue weighted by atomic mass is 16.4. The van der Waals surface area contributed by atoms with E-state index in [9.17, 15) is 4.79 Å². The molecule has 0 N–H and O–H groups in total. The molecule has 0 amide bonds. The van der Waals surface area contributed by atoms with E-state index in [1.54, 1.807) is 6.07 Å². The summed E-state index contributed by atoms with van der Waals surface area (Å²) in [6.07, 6.45) is 0. The van der Waals surface area contributed by atoms with Gasteiger partial charge in [0.25, 0.3) is 0 Å². The molecular formula is C19H21NO3. The molecule has 0 fully saturated rings. The molecule has 23 heavy (non-hydrogen) atoms. The molecule has 0 unspecified atom stereocenters.